The molecule has 104 valence electrons. The standard InChI is InChI=1S/C15H16N2O3/c1-8(18)16-9-5-6-13-12(7-9)10-3-2-4-11(10)14(17-13)15(19)20/h2-3,5-7,10-11,14,17H,4H2,1H3,(H,16,18)(H,19,20)/p-1/t10-,11-,14+/m0/s1. The number of aliphatic carboxylic acids is 1. The predicted octanol–water partition coefficient (Wildman–Crippen LogP) is 0.849. The van der Waals surface area contributed by atoms with Crippen LogP contribution in [0, 0.1) is 5.92 Å². The van der Waals surface area contributed by atoms with Gasteiger partial charge in [0, 0.05) is 24.2 Å². The van der Waals surface area contributed by atoms with Gasteiger partial charge in [-0.2, -0.15) is 0 Å². The molecule has 20 heavy (non-hydrogen) atoms. The Hall–Kier alpha value is -2.30. The van der Waals surface area contributed by atoms with Crippen molar-refractivity contribution in [3.05, 3.63) is 35.9 Å². The van der Waals surface area contributed by atoms with Gasteiger partial charge in [0.25, 0.3) is 0 Å². The molecule has 0 unspecified atom stereocenters. The third kappa shape index (κ3) is 2.05. The Morgan fingerprint density at radius 2 is 2.20 bits per heavy atom. The molecular formula is C15H15N2O3-. The van der Waals surface area contributed by atoms with Crippen molar-refractivity contribution in [3.63, 3.8) is 0 Å². The molecule has 5 nitrogen and oxygen atoms in total. The van der Waals surface area contributed by atoms with Crippen molar-refractivity contribution in [2.45, 2.75) is 25.3 Å². The van der Waals surface area contributed by atoms with Crippen LogP contribution in [0.4, 0.5) is 11.4 Å². The molecule has 1 aromatic carbocycles. The quantitative estimate of drug-likeness (QED) is 0.781. The molecule has 1 heterocycles. The molecule has 2 N–H and O–H groups in total. The minimum absolute atomic E-state index is 0.0277. The van der Waals surface area contributed by atoms with Crippen LogP contribution < -0.4 is 15.7 Å². The number of carbonyl (C=O) groups is 2. The molecule has 0 fully saturated rings. The van der Waals surface area contributed by atoms with E-state index in [4.69, 9.17) is 0 Å². The highest BCUT2D eigenvalue weighted by molar-refractivity contribution is 5.89. The van der Waals surface area contributed by atoms with Crippen molar-refractivity contribution in [1.29, 1.82) is 0 Å². The highest BCUT2D eigenvalue weighted by Crippen LogP contribution is 2.45. The lowest BCUT2D eigenvalue weighted by Crippen LogP contribution is -2.48. The molecular weight excluding hydrogens is 256 g/mol. The van der Waals surface area contributed by atoms with Gasteiger partial charge >= 0.3 is 0 Å². The maximum Gasteiger partial charge on any atom is 0.221 e. The molecule has 0 bridgehead atoms. The highest BCUT2D eigenvalue weighted by Gasteiger charge is 2.37. The lowest BCUT2D eigenvalue weighted by Gasteiger charge is -2.37. The number of carboxylic acids is 1. The average molecular weight is 271 g/mol. The van der Waals surface area contributed by atoms with Crippen molar-refractivity contribution in [3.8, 4) is 0 Å². The molecule has 3 rings (SSSR count). The first-order chi connectivity index (χ1) is 9.56. The SMILES string of the molecule is CC(=O)Nc1ccc2c(c1)[C@H]1C=CC[C@@H]1[C@H](C(=O)[O-])N2. The predicted molar refractivity (Wildman–Crippen MR) is 73.2 cm³/mol. The summed E-state index contributed by atoms with van der Waals surface area (Å²) in [7, 11) is 0. The summed E-state index contributed by atoms with van der Waals surface area (Å²) < 4.78 is 0. The van der Waals surface area contributed by atoms with Gasteiger partial charge in [-0.15, -0.1) is 0 Å². The van der Waals surface area contributed by atoms with E-state index in [-0.39, 0.29) is 17.7 Å². The Kier molecular flexibility index (Phi) is 2.97. The summed E-state index contributed by atoms with van der Waals surface area (Å²) in [4.78, 5) is 22.4. The van der Waals surface area contributed by atoms with E-state index >= 15 is 0 Å². The minimum Gasteiger partial charge on any atom is -0.548 e. The fraction of sp³-hybridized carbons (Fsp3) is 0.333. The van der Waals surface area contributed by atoms with Crippen LogP contribution in [0.5, 0.6) is 0 Å². The van der Waals surface area contributed by atoms with Crippen LogP contribution in [0.15, 0.2) is 30.4 Å². The van der Waals surface area contributed by atoms with Crippen molar-refractivity contribution < 1.29 is 14.7 Å². The first-order valence-electron chi connectivity index (χ1n) is 6.62. The summed E-state index contributed by atoms with van der Waals surface area (Å²) >= 11 is 0. The molecule has 0 saturated carbocycles. The Bertz CT molecular complexity index is 609. The zero-order valence-corrected chi connectivity index (χ0v) is 11.1. The van der Waals surface area contributed by atoms with Crippen molar-refractivity contribution in [2.75, 3.05) is 10.6 Å². The van der Waals surface area contributed by atoms with Gasteiger partial charge in [0.1, 0.15) is 0 Å². The summed E-state index contributed by atoms with van der Waals surface area (Å²) in [6.45, 7) is 1.46. The van der Waals surface area contributed by atoms with E-state index in [9.17, 15) is 14.7 Å². The first-order valence-corrected chi connectivity index (χ1v) is 6.62. The van der Waals surface area contributed by atoms with Crippen LogP contribution in [0.3, 0.4) is 0 Å². The van der Waals surface area contributed by atoms with Gasteiger partial charge in [-0.25, -0.2) is 0 Å². The number of amides is 1. The lowest BCUT2D eigenvalue weighted by molar-refractivity contribution is -0.308. The molecule has 0 aromatic heterocycles. The number of hydrogen-bond acceptors (Lipinski definition) is 4. The zero-order chi connectivity index (χ0) is 14.3. The van der Waals surface area contributed by atoms with Gasteiger partial charge in [0.2, 0.25) is 5.91 Å². The van der Waals surface area contributed by atoms with Crippen LogP contribution in [-0.4, -0.2) is 17.9 Å². The number of fused-ring (bicyclic) bond motifs is 3. The lowest BCUT2D eigenvalue weighted by atomic mass is 9.79. The fourth-order valence-electron chi connectivity index (χ4n) is 3.11. The molecule has 1 aliphatic carbocycles. The summed E-state index contributed by atoms with van der Waals surface area (Å²) in [5.41, 5.74) is 2.54. The normalized spacial score (nSPS) is 26.4. The summed E-state index contributed by atoms with van der Waals surface area (Å²) in [5, 5.41) is 17.0. The maximum absolute atomic E-state index is 11.3. The minimum atomic E-state index is -1.07. The molecule has 0 saturated heterocycles. The number of carbonyl (C=O) groups excluding carboxylic acids is 2. The molecule has 1 amide bonds. The monoisotopic (exact) mass is 271 g/mol. The third-order valence-corrected chi connectivity index (χ3v) is 3.94. The molecule has 0 radical (unpaired) electrons. The second kappa shape index (κ2) is 4.67. The Balaban J connectivity index is 2.00. The largest absolute Gasteiger partial charge is 0.548 e. The second-order valence-electron chi connectivity index (χ2n) is 5.28. The van der Waals surface area contributed by atoms with Crippen molar-refractivity contribution >= 4 is 23.3 Å². The fourth-order valence-corrected chi connectivity index (χ4v) is 3.11. The number of nitrogens with one attached hydrogen (secondary N) is 2. The number of allylic oxidation sites excluding steroid dienone is 2. The number of anilines is 2. The van der Waals surface area contributed by atoms with E-state index in [1.807, 2.05) is 18.2 Å². The van der Waals surface area contributed by atoms with Gasteiger partial charge in [0.05, 0.1) is 12.0 Å². The van der Waals surface area contributed by atoms with Gasteiger partial charge < -0.3 is 20.5 Å². The van der Waals surface area contributed by atoms with E-state index in [0.717, 1.165) is 23.4 Å². The molecule has 1 aromatic rings. The van der Waals surface area contributed by atoms with Crippen LogP contribution >= 0.6 is 0 Å². The Morgan fingerprint density at radius 3 is 2.90 bits per heavy atom. The molecule has 2 aliphatic rings. The highest BCUT2D eigenvalue weighted by atomic mass is 16.4. The molecule has 5 heteroatoms. The molecule has 0 spiro atoms. The van der Waals surface area contributed by atoms with Crippen LogP contribution in [-0.2, 0) is 9.59 Å². The Morgan fingerprint density at radius 1 is 1.40 bits per heavy atom. The number of rotatable bonds is 2. The van der Waals surface area contributed by atoms with E-state index < -0.39 is 12.0 Å². The van der Waals surface area contributed by atoms with Crippen molar-refractivity contribution in [1.82, 2.24) is 0 Å². The van der Waals surface area contributed by atoms with Crippen LogP contribution in [0.2, 0.25) is 0 Å². The number of hydrogen-bond donors (Lipinski definition) is 2. The van der Waals surface area contributed by atoms with E-state index in [0.29, 0.717) is 0 Å². The molecule has 3 atom stereocenters. The summed E-state index contributed by atoms with van der Waals surface area (Å²) in [6, 6.07) is 4.80. The van der Waals surface area contributed by atoms with E-state index in [2.05, 4.69) is 10.6 Å². The van der Waals surface area contributed by atoms with Crippen LogP contribution in [0.1, 0.15) is 24.8 Å². The number of benzene rings is 1. The third-order valence-electron chi connectivity index (χ3n) is 3.94. The van der Waals surface area contributed by atoms with Crippen LogP contribution in [0.25, 0.3) is 0 Å². The van der Waals surface area contributed by atoms with E-state index in [1.54, 1.807) is 12.1 Å². The topological polar surface area (TPSA) is 81.3 Å². The summed E-state index contributed by atoms with van der Waals surface area (Å²) in [5.74, 6) is -1.16. The van der Waals surface area contributed by atoms with Gasteiger partial charge in [-0.3, -0.25) is 4.79 Å². The molecule has 1 aliphatic heterocycles. The van der Waals surface area contributed by atoms with Crippen molar-refractivity contribution in [2.24, 2.45) is 5.92 Å². The van der Waals surface area contributed by atoms with Gasteiger partial charge in [-0.05, 0) is 36.1 Å². The zero-order valence-electron chi connectivity index (χ0n) is 11.1. The van der Waals surface area contributed by atoms with E-state index in [1.165, 1.54) is 6.92 Å². The first kappa shape index (κ1) is 12.7. The maximum atomic E-state index is 11.3. The average Bonchev–Trinajstić information content (AvgIpc) is 2.86. The smallest absolute Gasteiger partial charge is 0.221 e. The number of carboxylic acid groups (broad SMARTS) is 1. The van der Waals surface area contributed by atoms with Gasteiger partial charge in [-0.1, -0.05) is 12.2 Å². The Labute approximate surface area is 116 Å². The summed E-state index contributed by atoms with van der Waals surface area (Å²) in [6.07, 6.45) is 4.77. The van der Waals surface area contributed by atoms with Gasteiger partial charge in [0.15, 0.2) is 0 Å². The second-order valence-corrected chi connectivity index (χ2v) is 5.28.